The van der Waals surface area contributed by atoms with E-state index in [0.717, 1.165) is 11.4 Å². The van der Waals surface area contributed by atoms with Crippen LogP contribution in [0.2, 0.25) is 0 Å². The molecule has 2 aromatic rings. The summed E-state index contributed by atoms with van der Waals surface area (Å²) in [6.07, 6.45) is 3.17. The molecule has 6 nitrogen and oxygen atoms in total. The molecule has 18 heavy (non-hydrogen) atoms. The number of aryl methyl sites for hydroxylation is 2. The van der Waals surface area contributed by atoms with Gasteiger partial charge in [-0.2, -0.15) is 5.10 Å². The van der Waals surface area contributed by atoms with Crippen LogP contribution in [0.4, 0.5) is 11.5 Å². The maximum Gasteiger partial charge on any atom is 0.260 e. The second-order valence-electron chi connectivity index (χ2n) is 3.92. The Morgan fingerprint density at radius 3 is 2.83 bits per heavy atom. The van der Waals surface area contributed by atoms with E-state index in [-0.39, 0.29) is 5.91 Å². The van der Waals surface area contributed by atoms with Gasteiger partial charge in [-0.25, -0.2) is 0 Å². The molecule has 0 spiro atoms. The SMILES string of the molecule is CNc1ccncc1C(=O)Nc1cc(C)nn1C. The van der Waals surface area contributed by atoms with Crippen molar-refractivity contribution in [2.45, 2.75) is 6.92 Å². The second-order valence-corrected chi connectivity index (χ2v) is 3.92. The van der Waals surface area contributed by atoms with Crippen molar-refractivity contribution in [3.05, 3.63) is 35.8 Å². The third kappa shape index (κ3) is 2.32. The lowest BCUT2D eigenvalue weighted by molar-refractivity contribution is 0.102. The fourth-order valence-corrected chi connectivity index (χ4v) is 1.70. The molecule has 0 bridgehead atoms. The number of hydrogen-bond acceptors (Lipinski definition) is 4. The molecule has 0 aliphatic carbocycles. The third-order valence-corrected chi connectivity index (χ3v) is 2.58. The minimum atomic E-state index is -0.213. The number of pyridine rings is 1. The maximum absolute atomic E-state index is 12.1. The quantitative estimate of drug-likeness (QED) is 0.857. The molecule has 0 saturated heterocycles. The first-order valence-corrected chi connectivity index (χ1v) is 5.55. The van der Waals surface area contributed by atoms with Gasteiger partial charge in [-0.3, -0.25) is 14.5 Å². The molecule has 94 valence electrons. The van der Waals surface area contributed by atoms with Gasteiger partial charge < -0.3 is 10.6 Å². The molecule has 6 heteroatoms. The number of hydrogen-bond donors (Lipinski definition) is 2. The standard InChI is InChI=1S/C12H15N5O/c1-8-6-11(17(3)16-8)15-12(18)9-7-14-5-4-10(9)13-2/h4-7H,1-3H3,(H,13,14)(H,15,18). The molecule has 0 atom stereocenters. The van der Waals surface area contributed by atoms with Crippen LogP contribution in [0.5, 0.6) is 0 Å². The lowest BCUT2D eigenvalue weighted by Crippen LogP contribution is -2.16. The van der Waals surface area contributed by atoms with E-state index >= 15 is 0 Å². The number of amides is 1. The lowest BCUT2D eigenvalue weighted by Gasteiger charge is -2.08. The Bertz CT molecular complexity index is 576. The van der Waals surface area contributed by atoms with Gasteiger partial charge in [-0.1, -0.05) is 0 Å². The van der Waals surface area contributed by atoms with Crippen LogP contribution >= 0.6 is 0 Å². The number of anilines is 2. The van der Waals surface area contributed by atoms with Gasteiger partial charge in [-0.15, -0.1) is 0 Å². The molecule has 0 aliphatic heterocycles. The van der Waals surface area contributed by atoms with E-state index in [1.165, 1.54) is 6.20 Å². The first-order valence-electron chi connectivity index (χ1n) is 5.55. The number of rotatable bonds is 3. The Balaban J connectivity index is 2.24. The molecule has 0 aliphatic rings. The molecule has 2 heterocycles. The van der Waals surface area contributed by atoms with Crippen LogP contribution in [-0.2, 0) is 7.05 Å². The van der Waals surface area contributed by atoms with Gasteiger partial charge >= 0.3 is 0 Å². The molecule has 2 rings (SSSR count). The van der Waals surface area contributed by atoms with Gasteiger partial charge in [0.1, 0.15) is 5.82 Å². The second kappa shape index (κ2) is 4.87. The molecule has 2 N–H and O–H groups in total. The van der Waals surface area contributed by atoms with Gasteiger partial charge in [0.15, 0.2) is 0 Å². The van der Waals surface area contributed by atoms with E-state index in [0.29, 0.717) is 11.4 Å². The molecular formula is C12H15N5O. The summed E-state index contributed by atoms with van der Waals surface area (Å²) < 4.78 is 1.63. The summed E-state index contributed by atoms with van der Waals surface area (Å²) >= 11 is 0. The topological polar surface area (TPSA) is 71.8 Å². The molecule has 0 aromatic carbocycles. The molecule has 0 unspecified atom stereocenters. The molecule has 0 fully saturated rings. The minimum absolute atomic E-state index is 0.213. The largest absolute Gasteiger partial charge is 0.387 e. The summed E-state index contributed by atoms with van der Waals surface area (Å²) in [5.74, 6) is 0.443. The molecule has 0 saturated carbocycles. The van der Waals surface area contributed by atoms with E-state index in [1.807, 2.05) is 13.0 Å². The average molecular weight is 245 g/mol. The van der Waals surface area contributed by atoms with Crippen LogP contribution in [-0.4, -0.2) is 27.7 Å². The number of carbonyl (C=O) groups excluding carboxylic acids is 1. The monoisotopic (exact) mass is 245 g/mol. The Morgan fingerprint density at radius 1 is 1.44 bits per heavy atom. The van der Waals surface area contributed by atoms with Crippen molar-refractivity contribution < 1.29 is 4.79 Å². The summed E-state index contributed by atoms with van der Waals surface area (Å²) in [5.41, 5.74) is 2.09. The van der Waals surface area contributed by atoms with Crippen LogP contribution in [0.15, 0.2) is 24.5 Å². The number of nitrogens with zero attached hydrogens (tertiary/aromatic N) is 3. The van der Waals surface area contributed by atoms with E-state index in [9.17, 15) is 4.79 Å². The highest BCUT2D eigenvalue weighted by atomic mass is 16.1. The van der Waals surface area contributed by atoms with Crippen molar-refractivity contribution >= 4 is 17.4 Å². The van der Waals surface area contributed by atoms with Crippen molar-refractivity contribution in [3.63, 3.8) is 0 Å². The molecule has 0 radical (unpaired) electrons. The number of carbonyl (C=O) groups is 1. The summed E-state index contributed by atoms with van der Waals surface area (Å²) in [6, 6.07) is 3.57. The van der Waals surface area contributed by atoms with Crippen molar-refractivity contribution in [2.75, 3.05) is 17.7 Å². The van der Waals surface area contributed by atoms with Crippen molar-refractivity contribution in [2.24, 2.45) is 7.05 Å². The van der Waals surface area contributed by atoms with Crippen LogP contribution < -0.4 is 10.6 Å². The van der Waals surface area contributed by atoms with Gasteiger partial charge in [-0.05, 0) is 13.0 Å². The highest BCUT2D eigenvalue weighted by Gasteiger charge is 2.12. The van der Waals surface area contributed by atoms with Gasteiger partial charge in [0, 0.05) is 38.2 Å². The zero-order chi connectivity index (χ0) is 13.1. The fraction of sp³-hybridized carbons (Fsp3) is 0.250. The van der Waals surface area contributed by atoms with Crippen LogP contribution in [0, 0.1) is 6.92 Å². The van der Waals surface area contributed by atoms with E-state index in [1.54, 1.807) is 31.0 Å². The normalized spacial score (nSPS) is 10.2. The van der Waals surface area contributed by atoms with Gasteiger partial charge in [0.2, 0.25) is 0 Å². The first kappa shape index (κ1) is 12.1. The highest BCUT2D eigenvalue weighted by molar-refractivity contribution is 6.07. The first-order chi connectivity index (χ1) is 8.61. The zero-order valence-electron chi connectivity index (χ0n) is 10.6. The Kier molecular flexibility index (Phi) is 3.27. The van der Waals surface area contributed by atoms with E-state index in [2.05, 4.69) is 20.7 Å². The number of aromatic nitrogens is 3. The van der Waals surface area contributed by atoms with Crippen molar-refractivity contribution in [1.29, 1.82) is 0 Å². The van der Waals surface area contributed by atoms with Gasteiger partial charge in [0.25, 0.3) is 5.91 Å². The van der Waals surface area contributed by atoms with Crippen molar-refractivity contribution in [1.82, 2.24) is 14.8 Å². The molecular weight excluding hydrogens is 230 g/mol. The Labute approximate surface area is 105 Å². The fourth-order valence-electron chi connectivity index (χ4n) is 1.70. The van der Waals surface area contributed by atoms with Crippen LogP contribution in [0.1, 0.15) is 16.1 Å². The Morgan fingerprint density at radius 2 is 2.22 bits per heavy atom. The van der Waals surface area contributed by atoms with Crippen molar-refractivity contribution in [3.8, 4) is 0 Å². The predicted octanol–water partition coefficient (Wildman–Crippen LogP) is 1.42. The summed E-state index contributed by atoms with van der Waals surface area (Å²) in [6.45, 7) is 1.87. The zero-order valence-corrected chi connectivity index (χ0v) is 10.6. The lowest BCUT2D eigenvalue weighted by atomic mass is 10.2. The van der Waals surface area contributed by atoms with Crippen LogP contribution in [0.25, 0.3) is 0 Å². The Hall–Kier alpha value is -2.37. The molecule has 1 amide bonds. The summed E-state index contributed by atoms with van der Waals surface area (Å²) in [7, 11) is 3.55. The third-order valence-electron chi connectivity index (χ3n) is 2.58. The van der Waals surface area contributed by atoms with E-state index < -0.39 is 0 Å². The average Bonchev–Trinajstić information content (AvgIpc) is 2.67. The summed E-state index contributed by atoms with van der Waals surface area (Å²) in [5, 5.41) is 9.93. The predicted molar refractivity (Wildman–Crippen MR) is 69.7 cm³/mol. The highest BCUT2D eigenvalue weighted by Crippen LogP contribution is 2.15. The van der Waals surface area contributed by atoms with E-state index in [4.69, 9.17) is 0 Å². The molecule has 2 aromatic heterocycles. The summed E-state index contributed by atoms with van der Waals surface area (Å²) in [4.78, 5) is 16.1. The van der Waals surface area contributed by atoms with Crippen LogP contribution in [0.3, 0.4) is 0 Å². The smallest absolute Gasteiger partial charge is 0.260 e. The number of nitrogens with one attached hydrogen (secondary N) is 2. The minimum Gasteiger partial charge on any atom is -0.387 e. The van der Waals surface area contributed by atoms with Gasteiger partial charge in [0.05, 0.1) is 11.3 Å². The maximum atomic E-state index is 12.1.